The average molecular weight is 832 g/mol. The van der Waals surface area contributed by atoms with Crippen molar-refractivity contribution in [1.29, 1.82) is 10.5 Å². The predicted octanol–water partition coefficient (Wildman–Crippen LogP) is 8.20. The lowest BCUT2D eigenvalue weighted by atomic mass is 9.75. The lowest BCUT2D eigenvalue weighted by Gasteiger charge is -2.50. The van der Waals surface area contributed by atoms with E-state index >= 15 is 0 Å². The van der Waals surface area contributed by atoms with Crippen molar-refractivity contribution in [3.8, 4) is 18.0 Å². The number of rotatable bonds is 19. The zero-order valence-corrected chi connectivity index (χ0v) is 36.0. The fraction of sp³-hybridized carbons (Fsp3) is 0.422. The van der Waals surface area contributed by atoms with Gasteiger partial charge < -0.3 is 18.5 Å². The first-order chi connectivity index (χ1) is 29.1. The van der Waals surface area contributed by atoms with Gasteiger partial charge in [-0.15, -0.1) is 0 Å². The number of amides is 1. The van der Waals surface area contributed by atoms with Crippen LogP contribution in [0.25, 0.3) is 11.2 Å². The van der Waals surface area contributed by atoms with Gasteiger partial charge in [0.1, 0.15) is 12.8 Å². The number of hydrogen-bond donors (Lipinski definition) is 1. The fourth-order valence-corrected chi connectivity index (χ4v) is 9.23. The van der Waals surface area contributed by atoms with Crippen molar-refractivity contribution in [3.63, 3.8) is 0 Å². The van der Waals surface area contributed by atoms with Gasteiger partial charge in [0, 0.05) is 31.1 Å². The largest absolute Gasteiger partial charge is 0.475 e. The minimum Gasteiger partial charge on any atom is -0.475 e. The normalized spacial score (nSPS) is 16.6. The number of carbonyl (C=O) groups excluding carboxylic acids is 1. The topological polar surface area (TPSA) is 164 Å². The summed E-state index contributed by atoms with van der Waals surface area (Å²) in [6.07, 6.45) is 0.850. The number of nitrogens with zero attached hydrogens (tertiary/aromatic N) is 8. The minimum absolute atomic E-state index is 0.0530. The second-order valence-corrected chi connectivity index (χ2v) is 16.8. The molecule has 0 aliphatic carbocycles. The van der Waals surface area contributed by atoms with Crippen molar-refractivity contribution in [1.82, 2.24) is 29.1 Å². The molecular weight excluding hydrogens is 778 g/mol. The van der Waals surface area contributed by atoms with Crippen LogP contribution in [0.5, 0.6) is 5.88 Å². The summed E-state index contributed by atoms with van der Waals surface area (Å²) in [5, 5.41) is 21.4. The summed E-state index contributed by atoms with van der Waals surface area (Å²) in [6, 6.07) is 35.9. The highest BCUT2D eigenvalue weighted by molar-refractivity contribution is 7.44. The molecule has 3 heterocycles. The molecule has 0 saturated carbocycles. The van der Waals surface area contributed by atoms with Gasteiger partial charge in [-0.1, -0.05) is 105 Å². The lowest BCUT2D eigenvalue weighted by Crippen LogP contribution is -2.57. The van der Waals surface area contributed by atoms with Gasteiger partial charge in [-0.2, -0.15) is 20.5 Å². The van der Waals surface area contributed by atoms with E-state index in [1.807, 2.05) is 22.8 Å². The smallest absolute Gasteiger partial charge is 0.259 e. The minimum atomic E-state index is -1.57. The van der Waals surface area contributed by atoms with Gasteiger partial charge in [0.25, 0.3) is 8.53 Å². The number of anilines is 1. The maximum Gasteiger partial charge on any atom is 0.259 e. The molecule has 3 aromatic carbocycles. The van der Waals surface area contributed by atoms with Crippen molar-refractivity contribution in [2.24, 2.45) is 5.92 Å². The molecule has 1 unspecified atom stereocenters. The van der Waals surface area contributed by atoms with E-state index in [2.05, 4.69) is 133 Å². The van der Waals surface area contributed by atoms with Crippen LogP contribution < -0.4 is 10.1 Å². The van der Waals surface area contributed by atoms with Crippen LogP contribution in [0.15, 0.2) is 97.3 Å². The molecule has 1 fully saturated rings. The van der Waals surface area contributed by atoms with E-state index in [-0.39, 0.29) is 68.4 Å². The Balaban J connectivity index is 1.51. The van der Waals surface area contributed by atoms with Crippen LogP contribution in [-0.4, -0.2) is 86.1 Å². The number of benzene rings is 3. The standard InChI is InChI=1S/C45H54N9O5P/c1-32(2)42(55)50-44-49-41-40(43(51-44)56-26-16-24-46)48-31-53(41)39-29-52(28-38(59-39)30-58-60(57-27-17-25-47)54(33(3)4)34(5)6)45(35-18-10-7-11-19-35,36-20-12-8-13-21-36)37-22-14-9-15-23-37/h7-15,18-23,31-34,38-39H,16-17,26-30H2,1-6H3,(H,49,50,51,55)/t38-,39+,60?/m0/s1. The van der Waals surface area contributed by atoms with Crippen molar-refractivity contribution < 1.29 is 23.3 Å². The van der Waals surface area contributed by atoms with E-state index in [0.29, 0.717) is 24.3 Å². The molecule has 0 radical (unpaired) electrons. The molecule has 1 amide bonds. The number of nitriles is 2. The van der Waals surface area contributed by atoms with Crippen LogP contribution in [0.1, 0.15) is 77.3 Å². The van der Waals surface area contributed by atoms with Gasteiger partial charge in [0.05, 0.1) is 56.2 Å². The molecule has 15 heteroatoms. The molecule has 14 nitrogen and oxygen atoms in total. The Morgan fingerprint density at radius 1 is 0.850 bits per heavy atom. The second kappa shape index (κ2) is 20.8. The molecule has 2 aromatic heterocycles. The molecule has 0 spiro atoms. The maximum absolute atomic E-state index is 12.9. The molecule has 1 N–H and O–H groups in total. The number of imidazole rings is 1. The number of fused-ring (bicyclic) bond motifs is 1. The van der Waals surface area contributed by atoms with Crippen molar-refractivity contribution in [3.05, 3.63) is 114 Å². The summed E-state index contributed by atoms with van der Waals surface area (Å²) in [5.41, 5.74) is 3.16. The summed E-state index contributed by atoms with van der Waals surface area (Å²) in [5.74, 6) is -0.385. The summed E-state index contributed by atoms with van der Waals surface area (Å²) >= 11 is 0. The van der Waals surface area contributed by atoms with E-state index in [4.69, 9.17) is 28.5 Å². The Morgan fingerprint density at radius 2 is 1.42 bits per heavy atom. The molecule has 5 aromatic rings. The average Bonchev–Trinajstić information content (AvgIpc) is 3.68. The predicted molar refractivity (Wildman–Crippen MR) is 230 cm³/mol. The Hall–Kier alpha value is -5.31. The number of ether oxygens (including phenoxy) is 2. The third-order valence-electron chi connectivity index (χ3n) is 10.1. The Bertz CT molecular complexity index is 2120. The van der Waals surface area contributed by atoms with Gasteiger partial charge in [-0.25, -0.2) is 9.65 Å². The monoisotopic (exact) mass is 831 g/mol. The van der Waals surface area contributed by atoms with Crippen LogP contribution in [0.4, 0.5) is 5.95 Å². The van der Waals surface area contributed by atoms with Crippen LogP contribution in [-0.2, 0) is 24.1 Å². The lowest BCUT2D eigenvalue weighted by molar-refractivity contribution is -0.146. The zero-order chi connectivity index (χ0) is 42.6. The molecule has 1 aliphatic heterocycles. The highest BCUT2D eigenvalue weighted by Gasteiger charge is 2.47. The van der Waals surface area contributed by atoms with E-state index in [9.17, 15) is 15.3 Å². The summed E-state index contributed by atoms with van der Waals surface area (Å²) in [7, 11) is -1.57. The number of carbonyl (C=O) groups is 1. The molecule has 6 rings (SSSR count). The Kier molecular flexibility index (Phi) is 15.3. The van der Waals surface area contributed by atoms with Crippen LogP contribution in [0.2, 0.25) is 0 Å². The number of aromatic nitrogens is 4. The molecule has 314 valence electrons. The third kappa shape index (κ3) is 9.99. The Morgan fingerprint density at radius 3 is 1.95 bits per heavy atom. The van der Waals surface area contributed by atoms with E-state index < -0.39 is 26.4 Å². The summed E-state index contributed by atoms with van der Waals surface area (Å²) < 4.78 is 30.2. The first-order valence-electron chi connectivity index (χ1n) is 20.4. The molecule has 3 atom stereocenters. The van der Waals surface area contributed by atoms with E-state index in [0.717, 1.165) is 16.7 Å². The highest BCUT2D eigenvalue weighted by Crippen LogP contribution is 2.48. The fourth-order valence-electron chi connectivity index (χ4n) is 7.59. The second-order valence-electron chi connectivity index (χ2n) is 15.3. The summed E-state index contributed by atoms with van der Waals surface area (Å²) in [6.45, 7) is 13.3. The quantitative estimate of drug-likeness (QED) is 0.0483. The van der Waals surface area contributed by atoms with Crippen molar-refractivity contribution >= 4 is 31.5 Å². The zero-order valence-electron chi connectivity index (χ0n) is 35.1. The van der Waals surface area contributed by atoms with E-state index in [1.165, 1.54) is 0 Å². The molecule has 1 aliphatic rings. The van der Waals surface area contributed by atoms with Crippen LogP contribution in [0.3, 0.4) is 0 Å². The highest BCUT2D eigenvalue weighted by atomic mass is 31.2. The first kappa shape index (κ1) is 44.2. The van der Waals surface area contributed by atoms with Crippen LogP contribution >= 0.6 is 8.53 Å². The van der Waals surface area contributed by atoms with Gasteiger partial charge >= 0.3 is 0 Å². The number of hydrogen-bond acceptors (Lipinski definition) is 12. The van der Waals surface area contributed by atoms with Crippen LogP contribution in [0, 0.1) is 28.6 Å². The molecule has 1 saturated heterocycles. The van der Waals surface area contributed by atoms with Gasteiger partial charge in [0.2, 0.25) is 17.7 Å². The number of morpholine rings is 1. The van der Waals surface area contributed by atoms with Gasteiger partial charge in [-0.05, 0) is 44.4 Å². The van der Waals surface area contributed by atoms with Crippen molar-refractivity contribution in [2.75, 3.05) is 38.2 Å². The first-order valence-corrected chi connectivity index (χ1v) is 21.5. The van der Waals surface area contributed by atoms with Crippen molar-refractivity contribution in [2.45, 2.75) is 84.3 Å². The Labute approximate surface area is 354 Å². The number of nitrogens with one attached hydrogen (secondary N) is 1. The molecule has 0 bridgehead atoms. The van der Waals surface area contributed by atoms with Gasteiger partial charge in [-0.3, -0.25) is 19.6 Å². The maximum atomic E-state index is 12.9. The molecule has 60 heavy (non-hydrogen) atoms. The SMILES string of the molecule is CC(C)C(=O)Nc1nc(OCCC#N)c2ncn([C@H]3CN(C(c4ccccc4)(c4ccccc4)c4ccccc4)C[C@@H](COP(OCCC#N)N(C(C)C)C(C)C)O3)c2n1. The molecular formula is C45H54N9O5P. The summed E-state index contributed by atoms with van der Waals surface area (Å²) in [4.78, 5) is 29.4. The van der Waals surface area contributed by atoms with E-state index in [1.54, 1.807) is 20.2 Å². The van der Waals surface area contributed by atoms with Gasteiger partial charge in [0.15, 0.2) is 11.2 Å². The third-order valence-corrected chi connectivity index (χ3v) is 12.2.